The second kappa shape index (κ2) is 5.82. The standard InChI is InChI=1S/C12H19N3O2/c16-8-10-2-1-3-11(10)14-12(17)4-6-15-7-5-13-9-15/h5,7,9-11,16H,1-4,6,8H2,(H,14,17). The largest absolute Gasteiger partial charge is 0.396 e. The summed E-state index contributed by atoms with van der Waals surface area (Å²) in [4.78, 5) is 15.7. The highest BCUT2D eigenvalue weighted by atomic mass is 16.3. The predicted molar refractivity (Wildman–Crippen MR) is 63.2 cm³/mol. The molecule has 1 fully saturated rings. The number of nitrogens with one attached hydrogen (secondary N) is 1. The van der Waals surface area contributed by atoms with Crippen molar-refractivity contribution in [3.8, 4) is 0 Å². The van der Waals surface area contributed by atoms with Crippen LogP contribution in [0.25, 0.3) is 0 Å². The van der Waals surface area contributed by atoms with E-state index in [-0.39, 0.29) is 24.5 Å². The molecular weight excluding hydrogens is 218 g/mol. The molecule has 5 nitrogen and oxygen atoms in total. The van der Waals surface area contributed by atoms with Crippen molar-refractivity contribution in [2.75, 3.05) is 6.61 Å². The van der Waals surface area contributed by atoms with Gasteiger partial charge in [0.1, 0.15) is 0 Å². The highest BCUT2D eigenvalue weighted by Gasteiger charge is 2.27. The Bertz CT molecular complexity index is 351. The molecule has 5 heteroatoms. The molecule has 0 aliphatic heterocycles. The lowest BCUT2D eigenvalue weighted by atomic mass is 10.1. The van der Waals surface area contributed by atoms with Gasteiger partial charge in [-0.15, -0.1) is 0 Å². The van der Waals surface area contributed by atoms with Crippen LogP contribution in [0.5, 0.6) is 0 Å². The number of carbonyl (C=O) groups excluding carboxylic acids is 1. The maximum Gasteiger partial charge on any atom is 0.222 e. The van der Waals surface area contributed by atoms with Crippen molar-refractivity contribution >= 4 is 5.91 Å². The zero-order chi connectivity index (χ0) is 12.1. The van der Waals surface area contributed by atoms with E-state index in [1.807, 2.05) is 10.8 Å². The summed E-state index contributed by atoms with van der Waals surface area (Å²) in [5.74, 6) is 0.302. The topological polar surface area (TPSA) is 67.2 Å². The lowest BCUT2D eigenvalue weighted by Gasteiger charge is -2.18. The molecule has 2 rings (SSSR count). The molecule has 94 valence electrons. The van der Waals surface area contributed by atoms with E-state index in [1.54, 1.807) is 12.5 Å². The van der Waals surface area contributed by atoms with Crippen LogP contribution in [0.1, 0.15) is 25.7 Å². The summed E-state index contributed by atoms with van der Waals surface area (Å²) >= 11 is 0. The molecule has 2 unspecified atom stereocenters. The maximum absolute atomic E-state index is 11.7. The second-order valence-corrected chi connectivity index (χ2v) is 4.60. The van der Waals surface area contributed by atoms with Gasteiger partial charge in [-0.3, -0.25) is 4.79 Å². The summed E-state index contributed by atoms with van der Waals surface area (Å²) in [6, 6.07) is 0.162. The first kappa shape index (κ1) is 12.1. The van der Waals surface area contributed by atoms with E-state index in [9.17, 15) is 4.79 Å². The van der Waals surface area contributed by atoms with Gasteiger partial charge in [-0.05, 0) is 12.8 Å². The number of aryl methyl sites for hydroxylation is 1. The number of aliphatic hydroxyl groups is 1. The van der Waals surface area contributed by atoms with Gasteiger partial charge in [0.25, 0.3) is 0 Å². The normalized spacial score (nSPS) is 23.8. The molecular formula is C12H19N3O2. The third-order valence-electron chi connectivity index (χ3n) is 3.40. The number of carbonyl (C=O) groups is 1. The van der Waals surface area contributed by atoms with Crippen molar-refractivity contribution in [2.24, 2.45) is 5.92 Å². The highest BCUT2D eigenvalue weighted by molar-refractivity contribution is 5.76. The molecule has 1 aromatic rings. The van der Waals surface area contributed by atoms with E-state index in [0.29, 0.717) is 13.0 Å². The smallest absolute Gasteiger partial charge is 0.222 e. The van der Waals surface area contributed by atoms with Gasteiger partial charge in [-0.2, -0.15) is 0 Å². The summed E-state index contributed by atoms with van der Waals surface area (Å²) in [6.07, 6.45) is 8.82. The van der Waals surface area contributed by atoms with E-state index < -0.39 is 0 Å². The zero-order valence-corrected chi connectivity index (χ0v) is 9.88. The van der Waals surface area contributed by atoms with Crippen molar-refractivity contribution in [1.29, 1.82) is 0 Å². The molecule has 1 aromatic heterocycles. The Kier molecular flexibility index (Phi) is 4.14. The molecule has 0 bridgehead atoms. The average molecular weight is 237 g/mol. The number of nitrogens with zero attached hydrogens (tertiary/aromatic N) is 2. The van der Waals surface area contributed by atoms with Crippen LogP contribution >= 0.6 is 0 Å². The van der Waals surface area contributed by atoms with Crippen molar-refractivity contribution in [1.82, 2.24) is 14.9 Å². The van der Waals surface area contributed by atoms with E-state index >= 15 is 0 Å². The summed E-state index contributed by atoms with van der Waals surface area (Å²) in [5, 5.41) is 12.2. The fourth-order valence-electron chi connectivity index (χ4n) is 2.37. The third kappa shape index (κ3) is 3.30. The Balaban J connectivity index is 1.73. The molecule has 1 heterocycles. The first-order valence-electron chi connectivity index (χ1n) is 6.15. The summed E-state index contributed by atoms with van der Waals surface area (Å²) in [6.45, 7) is 0.828. The number of hydrogen-bond donors (Lipinski definition) is 2. The number of rotatable bonds is 5. The van der Waals surface area contributed by atoms with Gasteiger partial charge in [0.05, 0.1) is 6.33 Å². The monoisotopic (exact) mass is 237 g/mol. The number of hydrogen-bond acceptors (Lipinski definition) is 3. The Morgan fingerprint density at radius 2 is 2.41 bits per heavy atom. The number of aliphatic hydroxyl groups excluding tert-OH is 1. The lowest BCUT2D eigenvalue weighted by molar-refractivity contribution is -0.122. The summed E-state index contributed by atoms with van der Waals surface area (Å²) < 4.78 is 1.89. The Morgan fingerprint density at radius 3 is 3.12 bits per heavy atom. The van der Waals surface area contributed by atoms with Gasteiger partial charge in [0, 0.05) is 43.9 Å². The third-order valence-corrected chi connectivity index (χ3v) is 3.40. The van der Waals surface area contributed by atoms with Crippen LogP contribution in [0, 0.1) is 5.92 Å². The van der Waals surface area contributed by atoms with Crippen LogP contribution < -0.4 is 5.32 Å². The SMILES string of the molecule is O=C(CCn1ccnc1)NC1CCCC1CO. The molecule has 0 spiro atoms. The predicted octanol–water partition coefficient (Wildman–Crippen LogP) is 0.550. The van der Waals surface area contributed by atoms with Gasteiger partial charge in [-0.1, -0.05) is 6.42 Å². The van der Waals surface area contributed by atoms with E-state index in [4.69, 9.17) is 5.11 Å². The molecule has 2 N–H and O–H groups in total. The van der Waals surface area contributed by atoms with Crippen LogP contribution in [0.2, 0.25) is 0 Å². The fourth-order valence-corrected chi connectivity index (χ4v) is 2.37. The number of aromatic nitrogens is 2. The molecule has 1 aliphatic carbocycles. The van der Waals surface area contributed by atoms with Gasteiger partial charge >= 0.3 is 0 Å². The van der Waals surface area contributed by atoms with Gasteiger partial charge < -0.3 is 15.0 Å². The Hall–Kier alpha value is -1.36. The van der Waals surface area contributed by atoms with Crippen molar-refractivity contribution in [3.63, 3.8) is 0 Å². The van der Waals surface area contributed by atoms with Crippen LogP contribution in [-0.4, -0.2) is 33.2 Å². The van der Waals surface area contributed by atoms with Crippen LogP contribution in [-0.2, 0) is 11.3 Å². The van der Waals surface area contributed by atoms with Crippen molar-refractivity contribution in [3.05, 3.63) is 18.7 Å². The van der Waals surface area contributed by atoms with Gasteiger partial charge in [-0.25, -0.2) is 4.98 Å². The molecule has 1 amide bonds. The van der Waals surface area contributed by atoms with Crippen molar-refractivity contribution < 1.29 is 9.90 Å². The maximum atomic E-state index is 11.7. The minimum atomic E-state index is 0.0593. The molecule has 0 aromatic carbocycles. The summed E-state index contributed by atoms with van der Waals surface area (Å²) in [7, 11) is 0. The average Bonchev–Trinajstić information content (AvgIpc) is 2.97. The van der Waals surface area contributed by atoms with Gasteiger partial charge in [0.2, 0.25) is 5.91 Å². The van der Waals surface area contributed by atoms with E-state index in [0.717, 1.165) is 19.3 Å². The quantitative estimate of drug-likeness (QED) is 0.786. The zero-order valence-electron chi connectivity index (χ0n) is 9.88. The minimum Gasteiger partial charge on any atom is -0.396 e. The van der Waals surface area contributed by atoms with Crippen molar-refractivity contribution in [2.45, 2.75) is 38.3 Å². The molecule has 1 saturated carbocycles. The highest BCUT2D eigenvalue weighted by Crippen LogP contribution is 2.24. The first-order chi connectivity index (χ1) is 8.29. The Morgan fingerprint density at radius 1 is 1.53 bits per heavy atom. The molecule has 0 radical (unpaired) electrons. The Labute approximate surface area is 101 Å². The molecule has 2 atom stereocenters. The number of amides is 1. The minimum absolute atomic E-state index is 0.0593. The molecule has 1 aliphatic rings. The summed E-state index contributed by atoms with van der Waals surface area (Å²) in [5.41, 5.74) is 0. The van der Waals surface area contributed by atoms with Gasteiger partial charge in [0.15, 0.2) is 0 Å². The second-order valence-electron chi connectivity index (χ2n) is 4.60. The van der Waals surface area contributed by atoms with E-state index in [2.05, 4.69) is 10.3 Å². The number of imidazole rings is 1. The lowest BCUT2D eigenvalue weighted by Crippen LogP contribution is -2.38. The molecule has 0 saturated heterocycles. The van der Waals surface area contributed by atoms with E-state index in [1.165, 1.54) is 0 Å². The van der Waals surface area contributed by atoms with Crippen LogP contribution in [0.4, 0.5) is 0 Å². The molecule has 17 heavy (non-hydrogen) atoms. The first-order valence-corrected chi connectivity index (χ1v) is 6.15. The van der Waals surface area contributed by atoms with Crippen LogP contribution in [0.15, 0.2) is 18.7 Å². The van der Waals surface area contributed by atoms with Crippen LogP contribution in [0.3, 0.4) is 0 Å². The fraction of sp³-hybridized carbons (Fsp3) is 0.667.